The Hall–Kier alpha value is -1.72. The molecule has 0 fully saturated rings. The number of nitrogens with one attached hydrogen (secondary N) is 2. The summed E-state index contributed by atoms with van der Waals surface area (Å²) in [5.41, 5.74) is 0.554. The van der Waals surface area contributed by atoms with Gasteiger partial charge in [-0.3, -0.25) is 4.79 Å². The van der Waals surface area contributed by atoms with E-state index in [0.717, 1.165) is 0 Å². The summed E-state index contributed by atoms with van der Waals surface area (Å²) >= 11 is 0. The Bertz CT molecular complexity index is 536. The molecule has 2 aromatic rings. The Morgan fingerprint density at radius 2 is 2.19 bits per heavy atom. The Morgan fingerprint density at radius 3 is 3.00 bits per heavy atom. The normalized spacial score (nSPS) is 10.8. The van der Waals surface area contributed by atoms with Gasteiger partial charge in [0, 0.05) is 6.54 Å². The molecule has 1 aromatic carbocycles. The number of nitrogens with zero attached hydrogens (tertiary/aromatic N) is 1. The second-order valence-corrected chi connectivity index (χ2v) is 3.43. The first-order chi connectivity index (χ1) is 7.81. The molecule has 84 valence electrons. The van der Waals surface area contributed by atoms with Crippen LogP contribution in [0.3, 0.4) is 0 Å². The van der Waals surface area contributed by atoms with E-state index in [-0.39, 0.29) is 12.2 Å². The summed E-state index contributed by atoms with van der Waals surface area (Å²) in [5.74, 6) is 0.581. The SMILES string of the molecule is O=c1[nH]c(CNCCO)nc2ccccc12. The molecule has 0 saturated carbocycles. The lowest BCUT2D eigenvalue weighted by molar-refractivity contribution is 0.291. The van der Waals surface area contributed by atoms with E-state index in [2.05, 4.69) is 15.3 Å². The first-order valence-corrected chi connectivity index (χ1v) is 5.11. The molecule has 0 bridgehead atoms. The lowest BCUT2D eigenvalue weighted by Gasteiger charge is -2.03. The zero-order valence-corrected chi connectivity index (χ0v) is 8.73. The highest BCUT2D eigenvalue weighted by molar-refractivity contribution is 5.77. The van der Waals surface area contributed by atoms with Gasteiger partial charge in [0.05, 0.1) is 24.1 Å². The monoisotopic (exact) mass is 219 g/mol. The van der Waals surface area contributed by atoms with E-state index >= 15 is 0 Å². The predicted octanol–water partition coefficient (Wildman–Crippen LogP) is 0.00500. The van der Waals surface area contributed by atoms with Crippen LogP contribution >= 0.6 is 0 Å². The number of benzene rings is 1. The zero-order chi connectivity index (χ0) is 11.4. The molecule has 1 aromatic heterocycles. The minimum Gasteiger partial charge on any atom is -0.395 e. The average Bonchev–Trinajstić information content (AvgIpc) is 2.30. The number of aromatic amines is 1. The van der Waals surface area contributed by atoms with Crippen molar-refractivity contribution in [2.75, 3.05) is 13.2 Å². The molecule has 0 atom stereocenters. The molecule has 0 aliphatic rings. The molecule has 2 rings (SSSR count). The van der Waals surface area contributed by atoms with Crippen LogP contribution in [0.2, 0.25) is 0 Å². The van der Waals surface area contributed by atoms with Gasteiger partial charge in [-0.2, -0.15) is 0 Å². The van der Waals surface area contributed by atoms with Crippen LogP contribution in [0.25, 0.3) is 10.9 Å². The Kier molecular flexibility index (Phi) is 3.28. The molecule has 0 aliphatic carbocycles. The third kappa shape index (κ3) is 2.26. The molecule has 0 amide bonds. The molecule has 5 nitrogen and oxygen atoms in total. The molecule has 5 heteroatoms. The molecule has 3 N–H and O–H groups in total. The van der Waals surface area contributed by atoms with Gasteiger partial charge in [0.2, 0.25) is 0 Å². The number of aliphatic hydroxyl groups excluding tert-OH is 1. The highest BCUT2D eigenvalue weighted by Crippen LogP contribution is 2.05. The molecule has 0 saturated heterocycles. The van der Waals surface area contributed by atoms with Crippen molar-refractivity contribution in [3.05, 3.63) is 40.4 Å². The summed E-state index contributed by atoms with van der Waals surface area (Å²) < 4.78 is 0. The molecule has 0 radical (unpaired) electrons. The van der Waals surface area contributed by atoms with Gasteiger partial charge in [-0.15, -0.1) is 0 Å². The van der Waals surface area contributed by atoms with Crippen LogP contribution in [0.1, 0.15) is 5.82 Å². The zero-order valence-electron chi connectivity index (χ0n) is 8.73. The van der Waals surface area contributed by atoms with Crippen molar-refractivity contribution < 1.29 is 5.11 Å². The molecule has 0 spiro atoms. The predicted molar refractivity (Wildman–Crippen MR) is 61.2 cm³/mol. The average molecular weight is 219 g/mol. The molecule has 0 unspecified atom stereocenters. The summed E-state index contributed by atoms with van der Waals surface area (Å²) in [5, 5.41) is 12.2. The first kappa shape index (κ1) is 10.8. The minimum absolute atomic E-state index is 0.0673. The first-order valence-electron chi connectivity index (χ1n) is 5.11. The third-order valence-electron chi connectivity index (χ3n) is 2.24. The fourth-order valence-electron chi connectivity index (χ4n) is 1.50. The summed E-state index contributed by atoms with van der Waals surface area (Å²) in [6, 6.07) is 7.20. The Labute approximate surface area is 92.2 Å². The number of aliphatic hydroxyl groups is 1. The Balaban J connectivity index is 2.31. The van der Waals surface area contributed by atoms with Gasteiger partial charge in [0.25, 0.3) is 5.56 Å². The van der Waals surface area contributed by atoms with Crippen LogP contribution in [0.15, 0.2) is 29.1 Å². The van der Waals surface area contributed by atoms with Gasteiger partial charge < -0.3 is 15.4 Å². The quantitative estimate of drug-likeness (QED) is 0.633. The van der Waals surface area contributed by atoms with E-state index in [0.29, 0.717) is 29.8 Å². The molecular weight excluding hydrogens is 206 g/mol. The minimum atomic E-state index is -0.133. The summed E-state index contributed by atoms with van der Waals surface area (Å²) in [6.07, 6.45) is 0. The lowest BCUT2D eigenvalue weighted by Crippen LogP contribution is -2.21. The molecule has 16 heavy (non-hydrogen) atoms. The maximum Gasteiger partial charge on any atom is 0.258 e. The van der Waals surface area contributed by atoms with Crippen molar-refractivity contribution in [3.8, 4) is 0 Å². The lowest BCUT2D eigenvalue weighted by atomic mass is 10.2. The number of fused-ring (bicyclic) bond motifs is 1. The van der Waals surface area contributed by atoms with Crippen LogP contribution in [0, 0.1) is 0 Å². The van der Waals surface area contributed by atoms with Crippen molar-refractivity contribution in [2.45, 2.75) is 6.54 Å². The maximum absolute atomic E-state index is 11.7. The number of H-pyrrole nitrogens is 1. The van der Waals surface area contributed by atoms with Crippen molar-refractivity contribution in [2.24, 2.45) is 0 Å². The van der Waals surface area contributed by atoms with Crippen LogP contribution in [-0.4, -0.2) is 28.2 Å². The van der Waals surface area contributed by atoms with Crippen molar-refractivity contribution in [1.29, 1.82) is 0 Å². The standard InChI is InChI=1S/C11H13N3O2/c15-6-5-12-7-10-13-9-4-2-1-3-8(9)11(16)14-10/h1-4,12,15H,5-7H2,(H,13,14,16). The van der Waals surface area contributed by atoms with Gasteiger partial charge in [-0.05, 0) is 12.1 Å². The van der Waals surface area contributed by atoms with Crippen LogP contribution in [0.5, 0.6) is 0 Å². The van der Waals surface area contributed by atoms with Crippen LogP contribution < -0.4 is 10.9 Å². The van der Waals surface area contributed by atoms with Crippen molar-refractivity contribution in [3.63, 3.8) is 0 Å². The highest BCUT2D eigenvalue weighted by atomic mass is 16.3. The Morgan fingerprint density at radius 1 is 1.38 bits per heavy atom. The second-order valence-electron chi connectivity index (χ2n) is 3.43. The van der Waals surface area contributed by atoms with Gasteiger partial charge >= 0.3 is 0 Å². The smallest absolute Gasteiger partial charge is 0.258 e. The van der Waals surface area contributed by atoms with E-state index in [1.807, 2.05) is 12.1 Å². The van der Waals surface area contributed by atoms with E-state index in [1.54, 1.807) is 12.1 Å². The van der Waals surface area contributed by atoms with E-state index in [4.69, 9.17) is 5.11 Å². The number of hydrogen-bond donors (Lipinski definition) is 3. The highest BCUT2D eigenvalue weighted by Gasteiger charge is 2.01. The number of rotatable bonds is 4. The summed E-state index contributed by atoms with van der Waals surface area (Å²) in [6.45, 7) is 0.995. The van der Waals surface area contributed by atoms with Crippen LogP contribution in [-0.2, 0) is 6.54 Å². The van der Waals surface area contributed by atoms with E-state index in [9.17, 15) is 4.79 Å². The van der Waals surface area contributed by atoms with Gasteiger partial charge in [0.15, 0.2) is 0 Å². The number of hydrogen-bond acceptors (Lipinski definition) is 4. The van der Waals surface area contributed by atoms with Crippen molar-refractivity contribution >= 4 is 10.9 Å². The second kappa shape index (κ2) is 4.87. The fraction of sp³-hybridized carbons (Fsp3) is 0.273. The van der Waals surface area contributed by atoms with E-state index in [1.165, 1.54) is 0 Å². The third-order valence-corrected chi connectivity index (χ3v) is 2.24. The van der Waals surface area contributed by atoms with Gasteiger partial charge in [-0.25, -0.2) is 4.98 Å². The van der Waals surface area contributed by atoms with Gasteiger partial charge in [-0.1, -0.05) is 12.1 Å². The van der Waals surface area contributed by atoms with E-state index < -0.39 is 0 Å². The van der Waals surface area contributed by atoms with Crippen LogP contribution in [0.4, 0.5) is 0 Å². The largest absolute Gasteiger partial charge is 0.395 e. The number of aromatic nitrogens is 2. The summed E-state index contributed by atoms with van der Waals surface area (Å²) in [7, 11) is 0. The maximum atomic E-state index is 11.7. The summed E-state index contributed by atoms with van der Waals surface area (Å²) in [4.78, 5) is 18.7. The molecule has 0 aliphatic heterocycles. The fourth-order valence-corrected chi connectivity index (χ4v) is 1.50. The topological polar surface area (TPSA) is 78.0 Å². The number of para-hydroxylation sites is 1. The van der Waals surface area contributed by atoms with Crippen molar-refractivity contribution in [1.82, 2.24) is 15.3 Å². The molecular formula is C11H13N3O2. The molecule has 1 heterocycles. The van der Waals surface area contributed by atoms with Gasteiger partial charge in [0.1, 0.15) is 5.82 Å².